The smallest absolute Gasteiger partial charge is 0.277 e. The number of barbiturate groups is 1. The van der Waals surface area contributed by atoms with Gasteiger partial charge in [0.05, 0.1) is 0 Å². The first-order valence-corrected chi connectivity index (χ1v) is 6.85. The fourth-order valence-corrected chi connectivity index (χ4v) is 2.26. The third kappa shape index (κ3) is 2.96. The van der Waals surface area contributed by atoms with E-state index in [4.69, 9.17) is 0 Å². The molecule has 1 heterocycles. The molecule has 0 aliphatic carbocycles. The van der Waals surface area contributed by atoms with Crippen LogP contribution in [0.2, 0.25) is 0 Å². The molecule has 5 nitrogen and oxygen atoms in total. The van der Waals surface area contributed by atoms with Gasteiger partial charge in [-0.2, -0.15) is 0 Å². The van der Waals surface area contributed by atoms with Gasteiger partial charge in [-0.1, -0.05) is 34.6 Å². The molecule has 1 rings (SSSR count). The highest BCUT2D eigenvalue weighted by atomic mass is 16.2. The molecule has 108 valence electrons. The van der Waals surface area contributed by atoms with Gasteiger partial charge in [0.1, 0.15) is 5.41 Å². The summed E-state index contributed by atoms with van der Waals surface area (Å²) in [6, 6.07) is -0.586. The Balaban J connectivity index is 2.96. The van der Waals surface area contributed by atoms with Crippen molar-refractivity contribution >= 4 is 17.8 Å². The SMILES string of the molecule is CCC1(CC)C(=O)NC(=O)N(CCC(C)(C)C)C1=O. The van der Waals surface area contributed by atoms with Gasteiger partial charge in [0.15, 0.2) is 0 Å². The molecule has 0 saturated carbocycles. The molecule has 1 N–H and O–H groups in total. The Kier molecular flexibility index (Phi) is 4.38. The van der Waals surface area contributed by atoms with Crippen LogP contribution in [0.3, 0.4) is 0 Å². The largest absolute Gasteiger partial charge is 0.330 e. The minimum atomic E-state index is -1.08. The van der Waals surface area contributed by atoms with Crippen molar-refractivity contribution in [1.82, 2.24) is 10.2 Å². The van der Waals surface area contributed by atoms with E-state index in [-0.39, 0.29) is 11.3 Å². The maximum atomic E-state index is 12.5. The molecule has 0 radical (unpaired) electrons. The molecule has 0 atom stereocenters. The molecule has 5 heteroatoms. The molecule has 4 amide bonds. The summed E-state index contributed by atoms with van der Waals surface area (Å²) in [7, 11) is 0. The number of carbonyl (C=O) groups is 3. The standard InChI is InChI=1S/C14H24N2O3/c1-6-14(7-2)10(17)15-12(19)16(11(14)18)9-8-13(3,4)5/h6-9H2,1-5H3,(H,15,17,19). The first kappa shape index (κ1) is 15.7. The van der Waals surface area contributed by atoms with Crippen LogP contribution in [0, 0.1) is 10.8 Å². The predicted octanol–water partition coefficient (Wildman–Crippen LogP) is 2.31. The highest BCUT2D eigenvalue weighted by Gasteiger charge is 2.51. The molecule has 0 unspecified atom stereocenters. The number of carbonyl (C=O) groups excluding carboxylic acids is 3. The zero-order valence-electron chi connectivity index (χ0n) is 12.5. The zero-order valence-corrected chi connectivity index (χ0v) is 12.5. The van der Waals surface area contributed by atoms with E-state index in [0.29, 0.717) is 25.8 Å². The fourth-order valence-electron chi connectivity index (χ4n) is 2.26. The lowest BCUT2D eigenvalue weighted by molar-refractivity contribution is -0.152. The van der Waals surface area contributed by atoms with Gasteiger partial charge in [-0.15, -0.1) is 0 Å². The van der Waals surface area contributed by atoms with Crippen LogP contribution in [0.15, 0.2) is 0 Å². The summed E-state index contributed by atoms with van der Waals surface area (Å²) in [4.78, 5) is 37.5. The van der Waals surface area contributed by atoms with Crippen molar-refractivity contribution in [2.75, 3.05) is 6.54 Å². The summed E-state index contributed by atoms with van der Waals surface area (Å²) in [5, 5.41) is 2.32. The van der Waals surface area contributed by atoms with Crippen molar-refractivity contribution in [3.8, 4) is 0 Å². The van der Waals surface area contributed by atoms with Gasteiger partial charge < -0.3 is 0 Å². The lowest BCUT2D eigenvalue weighted by Crippen LogP contribution is -2.63. The molecule has 0 bridgehead atoms. The average molecular weight is 268 g/mol. The van der Waals surface area contributed by atoms with Crippen LogP contribution < -0.4 is 5.32 Å². The molecular formula is C14H24N2O3. The molecule has 0 aromatic carbocycles. The third-order valence-corrected chi connectivity index (χ3v) is 3.85. The Morgan fingerprint density at radius 2 is 1.63 bits per heavy atom. The van der Waals surface area contributed by atoms with Crippen LogP contribution in [0.25, 0.3) is 0 Å². The molecule has 1 fully saturated rings. The lowest BCUT2D eigenvalue weighted by atomic mass is 9.78. The first-order chi connectivity index (χ1) is 8.68. The summed E-state index contributed by atoms with van der Waals surface area (Å²) < 4.78 is 0. The third-order valence-electron chi connectivity index (χ3n) is 3.85. The Morgan fingerprint density at radius 3 is 2.05 bits per heavy atom. The summed E-state index contributed by atoms with van der Waals surface area (Å²) in [5.41, 5.74) is -1.05. The number of hydrogen-bond donors (Lipinski definition) is 1. The van der Waals surface area contributed by atoms with Crippen molar-refractivity contribution in [1.29, 1.82) is 0 Å². The summed E-state index contributed by atoms with van der Waals surface area (Å²) in [5.74, 6) is -0.810. The second-order valence-corrected chi connectivity index (χ2v) is 6.32. The minimum Gasteiger partial charge on any atom is -0.277 e. The van der Waals surface area contributed by atoms with Crippen LogP contribution in [0.5, 0.6) is 0 Å². The summed E-state index contributed by atoms with van der Waals surface area (Å²) >= 11 is 0. The average Bonchev–Trinajstić information content (AvgIpc) is 2.28. The van der Waals surface area contributed by atoms with E-state index < -0.39 is 17.4 Å². The predicted molar refractivity (Wildman–Crippen MR) is 72.3 cm³/mol. The van der Waals surface area contributed by atoms with Gasteiger partial charge in [0.25, 0.3) is 0 Å². The van der Waals surface area contributed by atoms with Gasteiger partial charge >= 0.3 is 6.03 Å². The topological polar surface area (TPSA) is 66.5 Å². The van der Waals surface area contributed by atoms with Crippen molar-refractivity contribution in [3.05, 3.63) is 0 Å². The monoisotopic (exact) mass is 268 g/mol. The van der Waals surface area contributed by atoms with E-state index in [9.17, 15) is 14.4 Å². The Hall–Kier alpha value is -1.39. The van der Waals surface area contributed by atoms with E-state index in [1.807, 2.05) is 0 Å². The zero-order chi connectivity index (χ0) is 14.8. The molecular weight excluding hydrogens is 244 g/mol. The van der Waals surface area contributed by atoms with E-state index >= 15 is 0 Å². The van der Waals surface area contributed by atoms with E-state index in [2.05, 4.69) is 26.1 Å². The Morgan fingerprint density at radius 1 is 1.11 bits per heavy atom. The van der Waals surface area contributed by atoms with Crippen molar-refractivity contribution in [2.24, 2.45) is 10.8 Å². The normalized spacial score (nSPS) is 19.6. The number of rotatable bonds is 4. The lowest BCUT2D eigenvalue weighted by Gasteiger charge is -2.39. The summed E-state index contributed by atoms with van der Waals surface area (Å²) in [6.07, 6.45) is 1.53. The maximum absolute atomic E-state index is 12.5. The van der Waals surface area contributed by atoms with Crippen LogP contribution in [-0.2, 0) is 9.59 Å². The molecule has 0 aromatic rings. The van der Waals surface area contributed by atoms with Gasteiger partial charge in [-0.05, 0) is 24.7 Å². The Bertz CT molecular complexity index is 392. The van der Waals surface area contributed by atoms with Crippen LogP contribution >= 0.6 is 0 Å². The fraction of sp³-hybridized carbons (Fsp3) is 0.786. The molecule has 19 heavy (non-hydrogen) atoms. The number of imide groups is 2. The molecule has 1 saturated heterocycles. The Labute approximate surface area is 114 Å². The second-order valence-electron chi connectivity index (χ2n) is 6.32. The number of nitrogens with zero attached hydrogens (tertiary/aromatic N) is 1. The maximum Gasteiger partial charge on any atom is 0.330 e. The van der Waals surface area contributed by atoms with Crippen LogP contribution in [0.1, 0.15) is 53.9 Å². The summed E-state index contributed by atoms with van der Waals surface area (Å²) in [6.45, 7) is 10.1. The van der Waals surface area contributed by atoms with Crippen molar-refractivity contribution < 1.29 is 14.4 Å². The number of urea groups is 1. The highest BCUT2D eigenvalue weighted by molar-refractivity contribution is 6.19. The van der Waals surface area contributed by atoms with Crippen LogP contribution in [-0.4, -0.2) is 29.3 Å². The van der Waals surface area contributed by atoms with Gasteiger partial charge in [0, 0.05) is 6.54 Å². The minimum absolute atomic E-state index is 0.0309. The van der Waals surface area contributed by atoms with Gasteiger partial charge in [-0.25, -0.2) is 4.79 Å². The van der Waals surface area contributed by atoms with E-state index in [1.54, 1.807) is 13.8 Å². The number of hydrogen-bond acceptors (Lipinski definition) is 3. The molecule has 0 aromatic heterocycles. The quantitative estimate of drug-likeness (QED) is 0.796. The number of nitrogens with one attached hydrogen (secondary N) is 1. The van der Waals surface area contributed by atoms with Crippen molar-refractivity contribution in [3.63, 3.8) is 0 Å². The van der Waals surface area contributed by atoms with E-state index in [0.717, 1.165) is 0 Å². The highest BCUT2D eigenvalue weighted by Crippen LogP contribution is 2.33. The van der Waals surface area contributed by atoms with Gasteiger partial charge in [0.2, 0.25) is 11.8 Å². The number of amides is 4. The van der Waals surface area contributed by atoms with E-state index in [1.165, 1.54) is 4.90 Å². The molecule has 1 aliphatic rings. The second kappa shape index (κ2) is 5.31. The van der Waals surface area contributed by atoms with Crippen molar-refractivity contribution in [2.45, 2.75) is 53.9 Å². The first-order valence-electron chi connectivity index (χ1n) is 6.85. The van der Waals surface area contributed by atoms with Crippen LogP contribution in [0.4, 0.5) is 4.79 Å². The van der Waals surface area contributed by atoms with Gasteiger partial charge in [-0.3, -0.25) is 19.8 Å². The molecule has 0 spiro atoms. The molecule has 1 aliphatic heterocycles.